The molecule has 0 aliphatic heterocycles. The lowest BCUT2D eigenvalue weighted by molar-refractivity contribution is -0.106. The fourth-order valence-electron chi connectivity index (χ4n) is 2.26. The molecule has 3 N–H and O–H groups in total. The number of carbonyl (C=O) groups excluding carboxylic acids is 1. The predicted molar refractivity (Wildman–Crippen MR) is 113 cm³/mol. The van der Waals surface area contributed by atoms with Gasteiger partial charge in [0.2, 0.25) is 6.41 Å². The normalized spacial score (nSPS) is 12.3. The number of hydrogen-bond donors (Lipinski definition) is 2. The summed E-state index contributed by atoms with van der Waals surface area (Å²) in [7, 11) is 1.99. The molecule has 0 aliphatic carbocycles. The first-order valence-electron chi connectivity index (χ1n) is 9.27. The van der Waals surface area contributed by atoms with Gasteiger partial charge in [-0.15, -0.1) is 0 Å². The smallest absolute Gasteiger partial charge is 0.204 e. The number of carbonyl (C=O) groups is 1. The summed E-state index contributed by atoms with van der Waals surface area (Å²) >= 11 is 0. The third-order valence-electron chi connectivity index (χ3n) is 3.81. The topological polar surface area (TPSA) is 55.1 Å². The molecule has 0 aromatic rings. The van der Waals surface area contributed by atoms with E-state index in [0.29, 0.717) is 0 Å². The molecule has 0 atom stereocenters. The van der Waals surface area contributed by atoms with E-state index in [4.69, 9.17) is 4.79 Å². The Morgan fingerprint density at radius 1 is 0.760 bits per heavy atom. The Hall–Kier alpha value is -1.61. The Morgan fingerprint density at radius 3 is 1.48 bits per heavy atom. The SMILES string of the molecule is CNC/C=C(\C)CC/C=C(\C)CC/C=C(\C)CCC=C(C)C.NC=O. The highest BCUT2D eigenvalue weighted by Gasteiger charge is 1.93. The van der Waals surface area contributed by atoms with Gasteiger partial charge in [0, 0.05) is 6.54 Å². The standard InChI is InChI=1S/C21H37N.CH3NO/c1-18(2)10-7-11-19(3)12-8-13-20(4)14-9-15-21(5)16-17-22-6;2-1-3/h10,12,14,16,22H,7-9,11,13,15,17H2,1-6H3;1H,(H2,2,3)/b19-12+,20-14+,21-16+;. The van der Waals surface area contributed by atoms with Crippen LogP contribution in [0.2, 0.25) is 0 Å². The van der Waals surface area contributed by atoms with Gasteiger partial charge in [0.25, 0.3) is 0 Å². The van der Waals surface area contributed by atoms with Gasteiger partial charge in [-0.2, -0.15) is 0 Å². The molecule has 0 saturated heterocycles. The summed E-state index contributed by atoms with van der Waals surface area (Å²) in [4.78, 5) is 8.58. The molecule has 0 bridgehead atoms. The van der Waals surface area contributed by atoms with Crippen molar-refractivity contribution in [2.24, 2.45) is 5.73 Å². The summed E-state index contributed by atoms with van der Waals surface area (Å²) in [6.45, 7) is 12.1. The van der Waals surface area contributed by atoms with Crippen LogP contribution in [0.1, 0.15) is 73.1 Å². The molecular formula is C22H40N2O. The van der Waals surface area contributed by atoms with Gasteiger partial charge >= 0.3 is 0 Å². The lowest BCUT2D eigenvalue weighted by atomic mass is 10.0. The molecule has 0 aromatic heterocycles. The summed E-state index contributed by atoms with van der Waals surface area (Å²) in [6.07, 6.45) is 16.8. The minimum absolute atomic E-state index is 0.250. The van der Waals surface area contributed by atoms with Gasteiger partial charge in [-0.3, -0.25) is 4.79 Å². The molecule has 0 aromatic carbocycles. The van der Waals surface area contributed by atoms with Gasteiger partial charge in [0.05, 0.1) is 0 Å². The Morgan fingerprint density at radius 2 is 1.12 bits per heavy atom. The molecule has 0 rings (SSSR count). The van der Waals surface area contributed by atoms with Crippen molar-refractivity contribution in [3.05, 3.63) is 46.6 Å². The number of hydrogen-bond acceptors (Lipinski definition) is 2. The number of amides is 1. The third-order valence-corrected chi connectivity index (χ3v) is 3.81. The van der Waals surface area contributed by atoms with E-state index in [1.807, 2.05) is 7.05 Å². The molecule has 0 spiro atoms. The Kier molecular flexibility index (Phi) is 19.2. The lowest BCUT2D eigenvalue weighted by Gasteiger charge is -2.02. The maximum atomic E-state index is 8.58. The highest BCUT2D eigenvalue weighted by atomic mass is 16.1. The Labute approximate surface area is 156 Å². The molecular weight excluding hydrogens is 308 g/mol. The van der Waals surface area contributed by atoms with E-state index in [0.717, 1.165) is 6.54 Å². The Balaban J connectivity index is 0. The van der Waals surface area contributed by atoms with Crippen LogP contribution in [-0.4, -0.2) is 20.0 Å². The molecule has 0 aliphatic rings. The van der Waals surface area contributed by atoms with E-state index >= 15 is 0 Å². The van der Waals surface area contributed by atoms with Crippen LogP contribution in [-0.2, 0) is 4.79 Å². The van der Waals surface area contributed by atoms with Gasteiger partial charge in [0.15, 0.2) is 0 Å². The fourth-order valence-corrected chi connectivity index (χ4v) is 2.26. The first-order valence-corrected chi connectivity index (χ1v) is 9.27. The molecule has 0 fully saturated rings. The van der Waals surface area contributed by atoms with Crippen LogP contribution in [0.15, 0.2) is 46.6 Å². The number of rotatable bonds is 11. The van der Waals surface area contributed by atoms with Crippen molar-refractivity contribution in [3.8, 4) is 0 Å². The third kappa shape index (κ3) is 22.4. The van der Waals surface area contributed by atoms with Crippen molar-refractivity contribution in [2.45, 2.75) is 73.1 Å². The summed E-state index contributed by atoms with van der Waals surface area (Å²) in [5, 5.41) is 3.15. The second-order valence-corrected chi connectivity index (χ2v) is 6.74. The number of nitrogens with two attached hydrogens (primary N) is 1. The average molecular weight is 349 g/mol. The van der Waals surface area contributed by atoms with E-state index in [2.05, 4.69) is 70.0 Å². The minimum atomic E-state index is 0.250. The number of allylic oxidation sites excluding steroid dienone is 7. The van der Waals surface area contributed by atoms with Crippen LogP contribution in [0.3, 0.4) is 0 Å². The van der Waals surface area contributed by atoms with Crippen molar-refractivity contribution in [3.63, 3.8) is 0 Å². The maximum Gasteiger partial charge on any atom is 0.204 e. The molecule has 3 nitrogen and oxygen atoms in total. The van der Waals surface area contributed by atoms with Crippen molar-refractivity contribution >= 4 is 6.41 Å². The van der Waals surface area contributed by atoms with E-state index < -0.39 is 0 Å². The van der Waals surface area contributed by atoms with Gasteiger partial charge in [-0.1, -0.05) is 46.6 Å². The van der Waals surface area contributed by atoms with Crippen molar-refractivity contribution < 1.29 is 4.79 Å². The molecule has 144 valence electrons. The van der Waals surface area contributed by atoms with Crippen molar-refractivity contribution in [1.29, 1.82) is 0 Å². The summed E-state index contributed by atoms with van der Waals surface area (Å²) in [6, 6.07) is 0. The van der Waals surface area contributed by atoms with Gasteiger partial charge in [-0.25, -0.2) is 0 Å². The van der Waals surface area contributed by atoms with Crippen molar-refractivity contribution in [2.75, 3.05) is 13.6 Å². The number of primary amides is 1. The molecule has 0 radical (unpaired) electrons. The zero-order valence-corrected chi connectivity index (χ0v) is 17.3. The molecule has 25 heavy (non-hydrogen) atoms. The molecule has 0 heterocycles. The quantitative estimate of drug-likeness (QED) is 0.385. The highest BCUT2D eigenvalue weighted by molar-refractivity contribution is 5.42. The molecule has 0 saturated carbocycles. The lowest BCUT2D eigenvalue weighted by Crippen LogP contribution is -2.04. The van der Waals surface area contributed by atoms with Gasteiger partial charge in [-0.05, 0) is 80.2 Å². The second-order valence-electron chi connectivity index (χ2n) is 6.74. The second kappa shape index (κ2) is 18.7. The van der Waals surface area contributed by atoms with E-state index in [9.17, 15) is 0 Å². The summed E-state index contributed by atoms with van der Waals surface area (Å²) in [5.41, 5.74) is 10.1. The van der Waals surface area contributed by atoms with Crippen LogP contribution < -0.4 is 11.1 Å². The fraction of sp³-hybridized carbons (Fsp3) is 0.591. The predicted octanol–water partition coefficient (Wildman–Crippen LogP) is 5.45. The number of likely N-dealkylation sites (N-methyl/N-ethyl adjacent to an activating group) is 1. The Bertz CT molecular complexity index is 453. The zero-order valence-electron chi connectivity index (χ0n) is 17.3. The van der Waals surface area contributed by atoms with Crippen molar-refractivity contribution in [1.82, 2.24) is 5.32 Å². The van der Waals surface area contributed by atoms with Crippen LogP contribution >= 0.6 is 0 Å². The average Bonchev–Trinajstić information content (AvgIpc) is 2.53. The largest absolute Gasteiger partial charge is 0.372 e. The summed E-state index contributed by atoms with van der Waals surface area (Å²) < 4.78 is 0. The van der Waals surface area contributed by atoms with E-state index in [-0.39, 0.29) is 6.41 Å². The molecule has 0 unspecified atom stereocenters. The first kappa shape index (κ1) is 25.6. The zero-order chi connectivity index (χ0) is 19.5. The maximum absolute atomic E-state index is 8.58. The van der Waals surface area contributed by atoms with Crippen LogP contribution in [0.25, 0.3) is 0 Å². The van der Waals surface area contributed by atoms with E-state index in [1.165, 1.54) is 60.8 Å². The van der Waals surface area contributed by atoms with Crippen LogP contribution in [0.5, 0.6) is 0 Å². The monoisotopic (exact) mass is 348 g/mol. The molecule has 3 heteroatoms. The van der Waals surface area contributed by atoms with Gasteiger partial charge < -0.3 is 11.1 Å². The summed E-state index contributed by atoms with van der Waals surface area (Å²) in [5.74, 6) is 0. The van der Waals surface area contributed by atoms with Crippen LogP contribution in [0.4, 0.5) is 0 Å². The van der Waals surface area contributed by atoms with Gasteiger partial charge in [0.1, 0.15) is 0 Å². The minimum Gasteiger partial charge on any atom is -0.372 e. The van der Waals surface area contributed by atoms with Crippen LogP contribution in [0, 0.1) is 0 Å². The number of nitrogens with one attached hydrogen (secondary N) is 1. The highest BCUT2D eigenvalue weighted by Crippen LogP contribution is 2.13. The van der Waals surface area contributed by atoms with E-state index in [1.54, 1.807) is 0 Å². The first-order chi connectivity index (χ1) is 11.9. The molecule has 1 amide bonds.